The van der Waals surface area contributed by atoms with E-state index in [1.807, 2.05) is 13.0 Å². The van der Waals surface area contributed by atoms with Gasteiger partial charge in [-0.05, 0) is 63.9 Å². The van der Waals surface area contributed by atoms with Crippen molar-refractivity contribution in [1.29, 1.82) is 5.26 Å². The van der Waals surface area contributed by atoms with Crippen molar-refractivity contribution in [1.82, 2.24) is 0 Å². The van der Waals surface area contributed by atoms with E-state index in [9.17, 15) is 4.79 Å². The minimum atomic E-state index is -0.494. The van der Waals surface area contributed by atoms with Gasteiger partial charge in [0, 0.05) is 0 Å². The summed E-state index contributed by atoms with van der Waals surface area (Å²) in [4.78, 5) is 11.7. The molecule has 0 atom stereocenters. The van der Waals surface area contributed by atoms with E-state index in [4.69, 9.17) is 10.00 Å². The number of nitrogens with zero attached hydrogens (tertiary/aromatic N) is 1. The van der Waals surface area contributed by atoms with Crippen LogP contribution in [0.25, 0.3) is 0 Å². The van der Waals surface area contributed by atoms with Crippen LogP contribution in [0.2, 0.25) is 0 Å². The average molecular weight is 289 g/mol. The normalized spacial score (nSPS) is 18.9. The van der Waals surface area contributed by atoms with Gasteiger partial charge in [-0.3, -0.25) is 0 Å². The molecule has 0 aliphatic heterocycles. The molecule has 1 rings (SSSR count). The zero-order valence-corrected chi connectivity index (χ0v) is 14.0. The molecule has 0 heterocycles. The van der Waals surface area contributed by atoms with Crippen LogP contribution in [0.3, 0.4) is 0 Å². The molecule has 0 fully saturated rings. The Morgan fingerprint density at radius 2 is 2.10 bits per heavy atom. The molecule has 0 bridgehead atoms. The van der Waals surface area contributed by atoms with Gasteiger partial charge < -0.3 is 4.74 Å². The van der Waals surface area contributed by atoms with E-state index in [-0.39, 0.29) is 11.0 Å². The Kier molecular flexibility index (Phi) is 6.20. The fraction of sp³-hybridized carbons (Fsp3) is 0.667. The van der Waals surface area contributed by atoms with Crippen LogP contribution in [0.5, 0.6) is 0 Å². The second-order valence-corrected chi connectivity index (χ2v) is 6.48. The van der Waals surface area contributed by atoms with Gasteiger partial charge in [0.15, 0.2) is 0 Å². The molecule has 0 spiro atoms. The zero-order valence-electron chi connectivity index (χ0n) is 14.0. The summed E-state index contributed by atoms with van der Waals surface area (Å²) in [5.74, 6) is -0.494. The number of esters is 1. The Morgan fingerprint density at radius 3 is 2.62 bits per heavy atom. The first-order valence-electron chi connectivity index (χ1n) is 7.79. The lowest BCUT2D eigenvalue weighted by Gasteiger charge is -2.35. The number of ether oxygens (including phenoxy) is 1. The summed E-state index contributed by atoms with van der Waals surface area (Å²) in [6.45, 7) is 10.7. The zero-order chi connectivity index (χ0) is 16.0. The predicted octanol–water partition coefficient (Wildman–Crippen LogP) is 4.70. The molecule has 0 saturated carbocycles. The van der Waals surface area contributed by atoms with Gasteiger partial charge in [0.25, 0.3) is 0 Å². The van der Waals surface area contributed by atoms with Crippen molar-refractivity contribution in [3.63, 3.8) is 0 Å². The van der Waals surface area contributed by atoms with Gasteiger partial charge in [-0.25, -0.2) is 4.79 Å². The quantitative estimate of drug-likeness (QED) is 0.319. The first-order chi connectivity index (χ1) is 9.83. The van der Waals surface area contributed by atoms with Crippen molar-refractivity contribution in [2.75, 3.05) is 6.61 Å². The summed E-state index contributed by atoms with van der Waals surface area (Å²) in [5, 5.41) is 9.16. The molecule has 0 radical (unpaired) electrons. The van der Waals surface area contributed by atoms with Crippen LogP contribution < -0.4 is 0 Å². The van der Waals surface area contributed by atoms with Crippen molar-refractivity contribution < 1.29 is 9.53 Å². The first kappa shape index (κ1) is 17.5. The van der Waals surface area contributed by atoms with Gasteiger partial charge in [-0.15, -0.1) is 0 Å². The molecule has 3 heteroatoms. The minimum absolute atomic E-state index is 0.170. The summed E-state index contributed by atoms with van der Waals surface area (Å²) >= 11 is 0. The summed E-state index contributed by atoms with van der Waals surface area (Å²) in [6.07, 6.45) is 5.31. The Balaban J connectivity index is 2.86. The third kappa shape index (κ3) is 4.46. The Bertz CT molecular complexity index is 504. The summed E-state index contributed by atoms with van der Waals surface area (Å²) in [6, 6.07) is 2.00. The second-order valence-electron chi connectivity index (χ2n) is 6.48. The molecule has 3 nitrogen and oxygen atoms in total. The molecule has 116 valence electrons. The molecule has 21 heavy (non-hydrogen) atoms. The van der Waals surface area contributed by atoms with Crippen molar-refractivity contribution in [2.45, 2.75) is 66.7 Å². The smallest absolute Gasteiger partial charge is 0.348 e. The predicted molar refractivity (Wildman–Crippen MR) is 84.5 cm³/mol. The second kappa shape index (κ2) is 7.45. The van der Waals surface area contributed by atoms with Gasteiger partial charge in [-0.1, -0.05) is 25.0 Å². The molecule has 1 aliphatic rings. The lowest BCUT2D eigenvalue weighted by Crippen LogP contribution is -2.20. The highest BCUT2D eigenvalue weighted by Crippen LogP contribution is 2.42. The third-order valence-corrected chi connectivity index (χ3v) is 4.45. The highest BCUT2D eigenvalue weighted by molar-refractivity contribution is 5.93. The molecule has 0 unspecified atom stereocenters. The number of carbonyl (C=O) groups excluding carboxylic acids is 1. The Morgan fingerprint density at radius 1 is 1.43 bits per heavy atom. The van der Waals surface area contributed by atoms with Gasteiger partial charge in [0.05, 0.1) is 6.61 Å². The number of hydrogen-bond donors (Lipinski definition) is 0. The molecule has 1 aliphatic carbocycles. The number of allylic oxidation sites excluding steroid dienone is 3. The molecule has 0 aromatic rings. The summed E-state index contributed by atoms with van der Waals surface area (Å²) in [7, 11) is 0. The molecular weight excluding hydrogens is 262 g/mol. The van der Waals surface area contributed by atoms with Crippen molar-refractivity contribution >= 4 is 5.97 Å². The van der Waals surface area contributed by atoms with Crippen LogP contribution in [0.4, 0.5) is 0 Å². The van der Waals surface area contributed by atoms with E-state index in [1.54, 1.807) is 6.92 Å². The molecule has 0 aromatic carbocycles. The molecule has 0 aromatic heterocycles. The van der Waals surface area contributed by atoms with E-state index in [1.165, 1.54) is 30.4 Å². The largest absolute Gasteiger partial charge is 0.462 e. The summed E-state index contributed by atoms with van der Waals surface area (Å²) < 4.78 is 4.94. The van der Waals surface area contributed by atoms with Gasteiger partial charge in [0.1, 0.15) is 11.6 Å². The van der Waals surface area contributed by atoms with E-state index in [0.29, 0.717) is 6.61 Å². The van der Waals surface area contributed by atoms with Crippen LogP contribution in [0, 0.1) is 16.7 Å². The third-order valence-electron chi connectivity index (χ3n) is 4.45. The fourth-order valence-corrected chi connectivity index (χ4v) is 3.18. The van der Waals surface area contributed by atoms with Crippen molar-refractivity contribution in [3.8, 4) is 6.07 Å². The van der Waals surface area contributed by atoms with Crippen LogP contribution in [-0.2, 0) is 9.53 Å². The number of hydrogen-bond acceptors (Lipinski definition) is 3. The number of carbonyl (C=O) groups is 1. The number of nitriles is 1. The lowest BCUT2D eigenvalue weighted by molar-refractivity contribution is -0.138. The number of rotatable bonds is 5. The van der Waals surface area contributed by atoms with Gasteiger partial charge in [-0.2, -0.15) is 5.26 Å². The maximum absolute atomic E-state index is 11.7. The van der Waals surface area contributed by atoms with E-state index in [2.05, 4.69) is 20.8 Å². The molecule has 0 N–H and O–H groups in total. The Labute approximate surface area is 128 Å². The fourth-order valence-electron chi connectivity index (χ4n) is 3.18. The van der Waals surface area contributed by atoms with Crippen LogP contribution >= 0.6 is 0 Å². The molecular formula is C18H27NO2. The average Bonchev–Trinajstić information content (AvgIpc) is 2.38. The highest BCUT2D eigenvalue weighted by atomic mass is 16.5. The maximum atomic E-state index is 11.7. The van der Waals surface area contributed by atoms with Crippen LogP contribution in [0.15, 0.2) is 22.3 Å². The Hall–Kier alpha value is -1.56. The van der Waals surface area contributed by atoms with Gasteiger partial charge in [0.2, 0.25) is 0 Å². The van der Waals surface area contributed by atoms with Crippen molar-refractivity contribution in [3.05, 3.63) is 22.3 Å². The SMILES string of the molecule is CCOC(=O)C(C#N)=C(C)CCC1=C(C)CCCC1(C)C. The van der Waals surface area contributed by atoms with Gasteiger partial charge >= 0.3 is 5.97 Å². The van der Waals surface area contributed by atoms with E-state index < -0.39 is 5.97 Å². The first-order valence-corrected chi connectivity index (χ1v) is 7.79. The van der Waals surface area contributed by atoms with E-state index >= 15 is 0 Å². The topological polar surface area (TPSA) is 50.1 Å². The maximum Gasteiger partial charge on any atom is 0.348 e. The summed E-state index contributed by atoms with van der Waals surface area (Å²) in [5.41, 5.74) is 4.21. The molecule has 0 amide bonds. The minimum Gasteiger partial charge on any atom is -0.462 e. The monoisotopic (exact) mass is 289 g/mol. The van der Waals surface area contributed by atoms with Crippen LogP contribution in [0.1, 0.15) is 66.7 Å². The van der Waals surface area contributed by atoms with Crippen molar-refractivity contribution in [2.24, 2.45) is 5.41 Å². The lowest BCUT2D eigenvalue weighted by atomic mass is 9.71. The highest BCUT2D eigenvalue weighted by Gasteiger charge is 2.28. The van der Waals surface area contributed by atoms with E-state index in [0.717, 1.165) is 18.4 Å². The molecule has 0 saturated heterocycles. The van der Waals surface area contributed by atoms with Crippen LogP contribution in [-0.4, -0.2) is 12.6 Å². The standard InChI is InChI=1S/C18H27NO2/c1-6-21-17(20)15(12-19)13(2)9-10-16-14(3)8-7-11-18(16,4)5/h6-11H2,1-5H3.